The zero-order valence-electron chi connectivity index (χ0n) is 16.2. The normalized spacial score (nSPS) is 16.3. The van der Waals surface area contributed by atoms with Crippen LogP contribution in [0.15, 0.2) is 30.3 Å². The highest BCUT2D eigenvalue weighted by molar-refractivity contribution is 5.34. The summed E-state index contributed by atoms with van der Waals surface area (Å²) in [5, 5.41) is 12.7. The Hall–Kier alpha value is -2.30. The first-order chi connectivity index (χ1) is 13.3. The van der Waals surface area contributed by atoms with Gasteiger partial charge in [0.15, 0.2) is 0 Å². The van der Waals surface area contributed by atoms with Gasteiger partial charge in [-0.25, -0.2) is 0 Å². The standard InChI is InChI=1S/C21H25F3N4/c1-15-17(11-20(12-25)27(15)2)13-26-19-6-8-28(9-7-19)14-16-4-3-5-18(10-16)21(22,23)24/h3-5,10-11,19,26H,6-9,13-14H2,1-2H3. The molecule has 4 nitrogen and oxygen atoms in total. The number of likely N-dealkylation sites (tertiary alicyclic amines) is 1. The van der Waals surface area contributed by atoms with Crippen LogP contribution >= 0.6 is 0 Å². The summed E-state index contributed by atoms with van der Waals surface area (Å²) in [6.07, 6.45) is -2.39. The van der Waals surface area contributed by atoms with Gasteiger partial charge in [0.05, 0.1) is 5.56 Å². The first-order valence-electron chi connectivity index (χ1n) is 9.45. The summed E-state index contributed by atoms with van der Waals surface area (Å²) in [5.41, 5.74) is 2.99. The van der Waals surface area contributed by atoms with Gasteiger partial charge in [-0.15, -0.1) is 0 Å². The molecule has 7 heteroatoms. The highest BCUT2D eigenvalue weighted by Gasteiger charge is 2.30. The van der Waals surface area contributed by atoms with Gasteiger partial charge >= 0.3 is 6.18 Å². The Labute approximate surface area is 163 Å². The number of nitrogens with zero attached hydrogens (tertiary/aromatic N) is 3. The van der Waals surface area contributed by atoms with Crippen molar-refractivity contribution in [1.29, 1.82) is 5.26 Å². The molecule has 1 aliphatic rings. The van der Waals surface area contributed by atoms with E-state index in [1.807, 2.05) is 24.6 Å². The fraction of sp³-hybridized carbons (Fsp3) is 0.476. The minimum Gasteiger partial charge on any atom is -0.340 e. The van der Waals surface area contributed by atoms with E-state index < -0.39 is 11.7 Å². The van der Waals surface area contributed by atoms with E-state index in [-0.39, 0.29) is 0 Å². The number of nitrogens with one attached hydrogen (secondary N) is 1. The Bertz CT molecular complexity index is 856. The van der Waals surface area contributed by atoms with Crippen LogP contribution in [-0.2, 0) is 26.3 Å². The molecule has 28 heavy (non-hydrogen) atoms. The van der Waals surface area contributed by atoms with Crippen LogP contribution < -0.4 is 5.32 Å². The van der Waals surface area contributed by atoms with Crippen molar-refractivity contribution in [3.8, 4) is 6.07 Å². The molecule has 2 aromatic rings. The van der Waals surface area contributed by atoms with Crippen molar-refractivity contribution in [3.63, 3.8) is 0 Å². The van der Waals surface area contributed by atoms with Gasteiger partial charge in [0, 0.05) is 31.9 Å². The van der Waals surface area contributed by atoms with E-state index in [1.54, 1.807) is 6.07 Å². The van der Waals surface area contributed by atoms with E-state index in [2.05, 4.69) is 16.3 Å². The molecule has 0 unspecified atom stereocenters. The fourth-order valence-electron chi connectivity index (χ4n) is 3.70. The lowest BCUT2D eigenvalue weighted by atomic mass is 10.0. The predicted molar refractivity (Wildman–Crippen MR) is 101 cm³/mol. The maximum Gasteiger partial charge on any atom is 0.416 e. The fourth-order valence-corrected chi connectivity index (χ4v) is 3.70. The number of hydrogen-bond donors (Lipinski definition) is 1. The average molecular weight is 390 g/mol. The first-order valence-corrected chi connectivity index (χ1v) is 9.45. The van der Waals surface area contributed by atoms with Crippen LogP contribution in [0, 0.1) is 18.3 Å². The van der Waals surface area contributed by atoms with E-state index >= 15 is 0 Å². The van der Waals surface area contributed by atoms with E-state index in [0.717, 1.165) is 49.8 Å². The lowest BCUT2D eigenvalue weighted by Crippen LogP contribution is -2.41. The molecule has 2 heterocycles. The molecule has 0 amide bonds. The SMILES string of the molecule is Cc1c(CNC2CCN(Cc3cccc(C(F)(F)F)c3)CC2)cc(C#N)n1C. The zero-order chi connectivity index (χ0) is 20.3. The number of benzene rings is 1. The second-order valence-corrected chi connectivity index (χ2v) is 7.44. The molecule has 1 aromatic heterocycles. The summed E-state index contributed by atoms with van der Waals surface area (Å²) in [6.45, 7) is 4.98. The molecule has 1 aromatic carbocycles. The smallest absolute Gasteiger partial charge is 0.340 e. The predicted octanol–water partition coefficient (Wildman–Crippen LogP) is 3.98. The largest absolute Gasteiger partial charge is 0.416 e. The monoisotopic (exact) mass is 390 g/mol. The molecule has 1 aliphatic heterocycles. The van der Waals surface area contributed by atoms with Crippen molar-refractivity contribution in [3.05, 3.63) is 58.4 Å². The third-order valence-corrected chi connectivity index (χ3v) is 5.58. The summed E-state index contributed by atoms with van der Waals surface area (Å²) in [5.74, 6) is 0. The third kappa shape index (κ3) is 4.75. The van der Waals surface area contributed by atoms with Crippen LogP contribution in [0.3, 0.4) is 0 Å². The summed E-state index contributed by atoms with van der Waals surface area (Å²) in [6, 6.07) is 10.1. The zero-order valence-corrected chi connectivity index (χ0v) is 16.2. The lowest BCUT2D eigenvalue weighted by Gasteiger charge is -2.32. The van der Waals surface area contributed by atoms with Crippen LogP contribution in [0.4, 0.5) is 13.2 Å². The minimum atomic E-state index is -4.30. The van der Waals surface area contributed by atoms with Crippen molar-refractivity contribution >= 4 is 0 Å². The highest BCUT2D eigenvalue weighted by atomic mass is 19.4. The summed E-state index contributed by atoms with van der Waals surface area (Å²) >= 11 is 0. The van der Waals surface area contributed by atoms with Crippen LogP contribution in [0.5, 0.6) is 0 Å². The van der Waals surface area contributed by atoms with Gasteiger partial charge in [-0.3, -0.25) is 4.90 Å². The van der Waals surface area contributed by atoms with Gasteiger partial charge in [-0.2, -0.15) is 18.4 Å². The Morgan fingerprint density at radius 3 is 2.54 bits per heavy atom. The number of piperidine rings is 1. The van der Waals surface area contributed by atoms with Crippen molar-refractivity contribution in [2.75, 3.05) is 13.1 Å². The maximum atomic E-state index is 12.9. The van der Waals surface area contributed by atoms with E-state index in [9.17, 15) is 13.2 Å². The quantitative estimate of drug-likeness (QED) is 0.840. The molecule has 0 saturated carbocycles. The van der Waals surface area contributed by atoms with Crippen molar-refractivity contribution in [1.82, 2.24) is 14.8 Å². The minimum absolute atomic E-state index is 0.378. The highest BCUT2D eigenvalue weighted by Crippen LogP contribution is 2.30. The van der Waals surface area contributed by atoms with Crippen LogP contribution in [0.25, 0.3) is 0 Å². The molecule has 0 atom stereocenters. The number of rotatable bonds is 5. The second kappa shape index (κ2) is 8.38. The molecule has 150 valence electrons. The van der Waals surface area contributed by atoms with Crippen molar-refractivity contribution in [2.45, 2.75) is 45.1 Å². The molecule has 3 rings (SSSR count). The molecular weight excluding hydrogens is 365 g/mol. The van der Waals surface area contributed by atoms with Crippen LogP contribution in [0.2, 0.25) is 0 Å². The molecule has 0 aliphatic carbocycles. The molecule has 0 spiro atoms. The average Bonchev–Trinajstić information content (AvgIpc) is 2.95. The van der Waals surface area contributed by atoms with Crippen LogP contribution in [0.1, 0.15) is 40.9 Å². The van der Waals surface area contributed by atoms with E-state index in [0.29, 0.717) is 23.8 Å². The maximum absolute atomic E-state index is 12.9. The van der Waals surface area contributed by atoms with Gasteiger partial charge in [0.1, 0.15) is 11.8 Å². The molecule has 1 N–H and O–H groups in total. The lowest BCUT2D eigenvalue weighted by molar-refractivity contribution is -0.137. The number of halogens is 3. The number of aromatic nitrogens is 1. The van der Waals surface area contributed by atoms with Gasteiger partial charge in [0.2, 0.25) is 0 Å². The first kappa shape index (κ1) is 20.4. The number of alkyl halides is 3. The molecule has 1 fully saturated rings. The Morgan fingerprint density at radius 2 is 1.93 bits per heavy atom. The van der Waals surface area contributed by atoms with Crippen molar-refractivity contribution in [2.24, 2.45) is 7.05 Å². The molecule has 0 radical (unpaired) electrons. The number of nitriles is 1. The van der Waals surface area contributed by atoms with Gasteiger partial charge < -0.3 is 9.88 Å². The third-order valence-electron chi connectivity index (χ3n) is 5.58. The van der Waals surface area contributed by atoms with Gasteiger partial charge in [-0.1, -0.05) is 18.2 Å². The Balaban J connectivity index is 1.49. The molecule has 1 saturated heterocycles. The van der Waals surface area contributed by atoms with Gasteiger partial charge in [0.25, 0.3) is 0 Å². The van der Waals surface area contributed by atoms with E-state index in [4.69, 9.17) is 5.26 Å². The van der Waals surface area contributed by atoms with Crippen LogP contribution in [-0.4, -0.2) is 28.6 Å². The Morgan fingerprint density at radius 1 is 1.21 bits per heavy atom. The summed E-state index contributed by atoms with van der Waals surface area (Å²) in [7, 11) is 1.89. The van der Waals surface area contributed by atoms with E-state index in [1.165, 1.54) is 12.1 Å². The second-order valence-electron chi connectivity index (χ2n) is 7.44. The van der Waals surface area contributed by atoms with Gasteiger partial charge in [-0.05, 0) is 56.1 Å². The number of hydrogen-bond acceptors (Lipinski definition) is 3. The summed E-state index contributed by atoms with van der Waals surface area (Å²) in [4.78, 5) is 2.20. The summed E-state index contributed by atoms with van der Waals surface area (Å²) < 4.78 is 40.5. The molecular formula is C21H25F3N4. The molecule has 0 bridgehead atoms. The topological polar surface area (TPSA) is 44.0 Å². The van der Waals surface area contributed by atoms with Crippen molar-refractivity contribution < 1.29 is 13.2 Å². The Kier molecular flexibility index (Phi) is 6.11.